The van der Waals surface area contributed by atoms with Crippen LogP contribution in [-0.4, -0.2) is 48.6 Å². The first-order valence-electron chi connectivity index (χ1n) is 4.68. The summed E-state index contributed by atoms with van der Waals surface area (Å²) in [5.41, 5.74) is 0. The van der Waals surface area contributed by atoms with Gasteiger partial charge in [-0.1, -0.05) is 0 Å². The van der Waals surface area contributed by atoms with Crippen molar-refractivity contribution in [2.75, 3.05) is 39.5 Å². The molecule has 2 aliphatic rings. The summed E-state index contributed by atoms with van der Waals surface area (Å²) >= 11 is 0. The average Bonchev–Trinajstić information content (AvgIpc) is 2.14. The van der Waals surface area contributed by atoms with E-state index >= 15 is 0 Å². The molecule has 1 spiro atoms. The fourth-order valence-corrected chi connectivity index (χ4v) is 3.32. The van der Waals surface area contributed by atoms with Crippen LogP contribution in [0.5, 0.6) is 0 Å². The van der Waals surface area contributed by atoms with Gasteiger partial charge in [0.15, 0.2) is 0 Å². The topological polar surface area (TPSA) is 49.0 Å². The molecule has 76 valence electrons. The van der Waals surface area contributed by atoms with Gasteiger partial charge in [0.2, 0.25) is 0 Å². The molecule has 2 heterocycles. The van der Waals surface area contributed by atoms with E-state index in [1.165, 1.54) is 0 Å². The second-order valence-corrected chi connectivity index (χ2v) is 5.15. The maximum Gasteiger partial charge on any atom is 0.679 e. The van der Waals surface area contributed by atoms with E-state index in [1.54, 1.807) is 0 Å². The maximum atomic E-state index is 5.52. The monoisotopic (exact) mass is 205 g/mol. The lowest BCUT2D eigenvalue weighted by Gasteiger charge is -2.32. The highest BCUT2D eigenvalue weighted by Crippen LogP contribution is 2.17. The van der Waals surface area contributed by atoms with Gasteiger partial charge in [-0.3, -0.25) is 0 Å². The zero-order valence-corrected chi connectivity index (χ0v) is 8.58. The Bertz CT molecular complexity index is 153. The zero-order valence-electron chi connectivity index (χ0n) is 7.58. The van der Waals surface area contributed by atoms with Crippen molar-refractivity contribution in [3.05, 3.63) is 0 Å². The Morgan fingerprint density at radius 3 is 1.92 bits per heavy atom. The van der Waals surface area contributed by atoms with E-state index in [-0.39, 0.29) is 0 Å². The smallest absolute Gasteiger partial charge is 0.351 e. The third-order valence-electron chi connectivity index (χ3n) is 1.96. The van der Waals surface area contributed by atoms with Crippen LogP contribution >= 0.6 is 0 Å². The van der Waals surface area contributed by atoms with Gasteiger partial charge in [0.1, 0.15) is 0 Å². The second kappa shape index (κ2) is 4.49. The molecule has 0 amide bonds. The van der Waals surface area contributed by atoms with Crippen LogP contribution in [0.15, 0.2) is 0 Å². The molecule has 6 heteroatoms. The van der Waals surface area contributed by atoms with Gasteiger partial charge in [0.25, 0.3) is 0 Å². The van der Waals surface area contributed by atoms with Gasteiger partial charge >= 0.3 is 9.05 Å². The molecule has 0 bridgehead atoms. The number of nitrogens with one attached hydrogen (secondary N) is 1. The summed E-state index contributed by atoms with van der Waals surface area (Å²) in [6, 6.07) is 0. The molecule has 2 aliphatic heterocycles. The lowest BCUT2D eigenvalue weighted by molar-refractivity contribution is -0.0642. The third-order valence-corrected chi connectivity index (χ3v) is 4.19. The summed E-state index contributed by atoms with van der Waals surface area (Å²) < 4.78 is 22.0. The molecule has 0 atom stereocenters. The summed E-state index contributed by atoms with van der Waals surface area (Å²) in [6.07, 6.45) is 0.930. The highest BCUT2D eigenvalue weighted by atomic mass is 28.4. The SMILES string of the molecule is C1CO[Si]2(OC1)OCCNCCO2. The highest BCUT2D eigenvalue weighted by molar-refractivity contribution is 6.53. The van der Waals surface area contributed by atoms with Crippen molar-refractivity contribution in [1.82, 2.24) is 5.32 Å². The Balaban J connectivity index is 1.91. The van der Waals surface area contributed by atoms with E-state index in [0.29, 0.717) is 26.4 Å². The molecule has 0 unspecified atom stereocenters. The van der Waals surface area contributed by atoms with Gasteiger partial charge in [-0.15, -0.1) is 0 Å². The van der Waals surface area contributed by atoms with E-state index in [4.69, 9.17) is 17.7 Å². The summed E-state index contributed by atoms with van der Waals surface area (Å²) in [4.78, 5) is 0. The normalized spacial score (nSPS) is 29.5. The Morgan fingerprint density at radius 2 is 1.31 bits per heavy atom. The first kappa shape index (κ1) is 9.57. The van der Waals surface area contributed by atoms with Crippen LogP contribution in [-0.2, 0) is 17.7 Å². The summed E-state index contributed by atoms with van der Waals surface area (Å²) in [5.74, 6) is 0. The average molecular weight is 205 g/mol. The molecule has 1 N–H and O–H groups in total. The zero-order chi connectivity index (χ0) is 8.99. The van der Waals surface area contributed by atoms with Crippen molar-refractivity contribution in [2.45, 2.75) is 6.42 Å². The molecule has 2 saturated heterocycles. The first-order valence-corrected chi connectivity index (χ1v) is 6.31. The predicted molar refractivity (Wildman–Crippen MR) is 47.0 cm³/mol. The van der Waals surface area contributed by atoms with Crippen molar-refractivity contribution in [2.24, 2.45) is 0 Å². The fraction of sp³-hybridized carbons (Fsp3) is 1.00. The van der Waals surface area contributed by atoms with Gasteiger partial charge in [-0.25, -0.2) is 0 Å². The first-order chi connectivity index (χ1) is 6.41. The molecule has 0 saturated carbocycles. The molecular formula is C7H15NO4Si. The molecule has 2 fully saturated rings. The van der Waals surface area contributed by atoms with Crippen molar-refractivity contribution < 1.29 is 17.7 Å². The van der Waals surface area contributed by atoms with Crippen LogP contribution in [0.1, 0.15) is 6.42 Å². The third kappa shape index (κ3) is 2.49. The Labute approximate surface area is 78.8 Å². The van der Waals surface area contributed by atoms with E-state index < -0.39 is 9.05 Å². The van der Waals surface area contributed by atoms with Gasteiger partial charge < -0.3 is 23.0 Å². The summed E-state index contributed by atoms with van der Waals surface area (Å²) in [6.45, 7) is 4.27. The lowest BCUT2D eigenvalue weighted by Crippen LogP contribution is -2.55. The summed E-state index contributed by atoms with van der Waals surface area (Å²) in [7, 11) is -2.69. The summed E-state index contributed by atoms with van der Waals surface area (Å²) in [5, 5.41) is 3.17. The van der Waals surface area contributed by atoms with Crippen LogP contribution in [0.4, 0.5) is 0 Å². The van der Waals surface area contributed by atoms with Crippen LogP contribution in [0.3, 0.4) is 0 Å². The van der Waals surface area contributed by atoms with E-state index in [1.807, 2.05) is 0 Å². The standard InChI is InChI=1S/C7H15NO4Si/c1-4-9-13(10-5-1)11-6-2-8-3-7-12-13/h8H,1-7H2. The Kier molecular flexibility index (Phi) is 3.31. The van der Waals surface area contributed by atoms with Gasteiger partial charge in [-0.2, -0.15) is 0 Å². The molecule has 5 nitrogen and oxygen atoms in total. The van der Waals surface area contributed by atoms with E-state index in [0.717, 1.165) is 19.5 Å². The molecule has 13 heavy (non-hydrogen) atoms. The quantitative estimate of drug-likeness (QED) is 0.540. The van der Waals surface area contributed by atoms with Crippen LogP contribution in [0.2, 0.25) is 0 Å². The second-order valence-electron chi connectivity index (χ2n) is 3.00. The predicted octanol–water partition coefficient (Wildman–Crippen LogP) is -0.505. The molecular weight excluding hydrogens is 190 g/mol. The largest absolute Gasteiger partial charge is 0.679 e. The number of rotatable bonds is 0. The molecule has 0 aromatic heterocycles. The molecule has 0 aromatic carbocycles. The van der Waals surface area contributed by atoms with Gasteiger partial charge in [0, 0.05) is 26.3 Å². The van der Waals surface area contributed by atoms with E-state index in [9.17, 15) is 0 Å². The van der Waals surface area contributed by atoms with Crippen LogP contribution < -0.4 is 5.32 Å². The highest BCUT2D eigenvalue weighted by Gasteiger charge is 2.47. The maximum absolute atomic E-state index is 5.52. The lowest BCUT2D eigenvalue weighted by atomic mass is 10.5. The van der Waals surface area contributed by atoms with Crippen LogP contribution in [0, 0.1) is 0 Å². The Hall–Kier alpha value is 0.0169. The van der Waals surface area contributed by atoms with Crippen molar-refractivity contribution in [3.8, 4) is 0 Å². The number of hydrogen-bond donors (Lipinski definition) is 1. The van der Waals surface area contributed by atoms with Crippen molar-refractivity contribution in [1.29, 1.82) is 0 Å². The minimum absolute atomic E-state index is 0.603. The van der Waals surface area contributed by atoms with Crippen LogP contribution in [0.25, 0.3) is 0 Å². The minimum Gasteiger partial charge on any atom is -0.351 e. The molecule has 0 aromatic rings. The Morgan fingerprint density at radius 1 is 0.769 bits per heavy atom. The van der Waals surface area contributed by atoms with Gasteiger partial charge in [0.05, 0.1) is 13.2 Å². The molecule has 0 aliphatic carbocycles. The number of hydrogen-bond acceptors (Lipinski definition) is 5. The minimum atomic E-state index is -2.69. The fourth-order valence-electron chi connectivity index (χ4n) is 1.32. The molecule has 0 radical (unpaired) electrons. The van der Waals surface area contributed by atoms with Crippen molar-refractivity contribution >= 4 is 9.05 Å². The molecule has 2 rings (SSSR count). The van der Waals surface area contributed by atoms with Crippen molar-refractivity contribution in [3.63, 3.8) is 0 Å². The van der Waals surface area contributed by atoms with E-state index in [2.05, 4.69) is 5.32 Å². The van der Waals surface area contributed by atoms with Gasteiger partial charge in [-0.05, 0) is 6.42 Å².